The van der Waals surface area contributed by atoms with Crippen LogP contribution in [0.5, 0.6) is 0 Å². The first kappa shape index (κ1) is 15.3. The Kier molecular flexibility index (Phi) is 5.91. The molecular weight excluding hydrogens is 267 g/mol. The summed E-state index contributed by atoms with van der Waals surface area (Å²) in [6.07, 6.45) is -5.48. The van der Waals surface area contributed by atoms with Gasteiger partial charge in [-0.2, -0.15) is 13.2 Å². The minimum Gasteiger partial charge on any atom is -0.372 e. The van der Waals surface area contributed by atoms with Crippen LogP contribution in [0.15, 0.2) is 24.3 Å². The molecule has 1 aromatic carbocycles. The fourth-order valence-corrected chi connectivity index (χ4v) is 1.70. The predicted molar refractivity (Wildman–Crippen MR) is 64.5 cm³/mol. The SMILES string of the molecule is NCC(OCCCC(F)(F)F)c1cccc(Cl)c1. The lowest BCUT2D eigenvalue weighted by Gasteiger charge is -2.17. The Morgan fingerprint density at radius 2 is 2.06 bits per heavy atom. The van der Waals surface area contributed by atoms with Crippen LogP contribution in [0.25, 0.3) is 0 Å². The van der Waals surface area contributed by atoms with Gasteiger partial charge in [0, 0.05) is 24.6 Å². The summed E-state index contributed by atoms with van der Waals surface area (Å²) >= 11 is 5.82. The Bertz CT molecular complexity index is 371. The standard InChI is InChI=1S/C12H15ClF3NO/c13-10-4-1-3-9(7-10)11(8-17)18-6-2-5-12(14,15)16/h1,3-4,7,11H,2,5-6,8,17H2. The molecule has 0 aliphatic carbocycles. The smallest absolute Gasteiger partial charge is 0.372 e. The van der Waals surface area contributed by atoms with Crippen molar-refractivity contribution < 1.29 is 17.9 Å². The average Bonchev–Trinajstić information content (AvgIpc) is 2.27. The molecule has 1 aromatic rings. The van der Waals surface area contributed by atoms with E-state index in [1.165, 1.54) is 0 Å². The zero-order valence-corrected chi connectivity index (χ0v) is 10.5. The summed E-state index contributed by atoms with van der Waals surface area (Å²) < 4.78 is 41.2. The van der Waals surface area contributed by atoms with Crippen molar-refractivity contribution in [3.05, 3.63) is 34.9 Å². The van der Waals surface area contributed by atoms with Gasteiger partial charge < -0.3 is 10.5 Å². The highest BCUT2D eigenvalue weighted by atomic mass is 35.5. The minimum atomic E-state index is -4.14. The van der Waals surface area contributed by atoms with E-state index >= 15 is 0 Å². The lowest BCUT2D eigenvalue weighted by atomic mass is 10.1. The molecule has 0 heterocycles. The van der Waals surface area contributed by atoms with E-state index in [9.17, 15) is 13.2 Å². The van der Waals surface area contributed by atoms with Gasteiger partial charge >= 0.3 is 6.18 Å². The molecule has 0 aliphatic heterocycles. The van der Waals surface area contributed by atoms with Gasteiger partial charge in [0.2, 0.25) is 0 Å². The second-order valence-corrected chi connectivity index (χ2v) is 4.31. The fraction of sp³-hybridized carbons (Fsp3) is 0.500. The molecule has 2 nitrogen and oxygen atoms in total. The van der Waals surface area contributed by atoms with Crippen LogP contribution >= 0.6 is 11.6 Å². The average molecular weight is 282 g/mol. The van der Waals surface area contributed by atoms with Crippen LogP contribution in [-0.4, -0.2) is 19.3 Å². The van der Waals surface area contributed by atoms with E-state index in [-0.39, 0.29) is 19.6 Å². The summed E-state index contributed by atoms with van der Waals surface area (Å²) in [7, 11) is 0. The second kappa shape index (κ2) is 6.97. The number of alkyl halides is 3. The molecule has 0 saturated carbocycles. The van der Waals surface area contributed by atoms with E-state index < -0.39 is 18.7 Å². The summed E-state index contributed by atoms with van der Waals surface area (Å²) in [5, 5.41) is 0.546. The molecule has 6 heteroatoms. The number of halogens is 4. The van der Waals surface area contributed by atoms with Crippen molar-refractivity contribution in [2.75, 3.05) is 13.2 Å². The van der Waals surface area contributed by atoms with Gasteiger partial charge in [-0.15, -0.1) is 0 Å². The maximum Gasteiger partial charge on any atom is 0.389 e. The summed E-state index contributed by atoms with van der Waals surface area (Å²) in [6.45, 7) is 0.222. The van der Waals surface area contributed by atoms with Gasteiger partial charge in [-0.1, -0.05) is 23.7 Å². The van der Waals surface area contributed by atoms with Crippen LogP contribution < -0.4 is 5.73 Å². The minimum absolute atomic E-state index is 0.0217. The van der Waals surface area contributed by atoms with Crippen molar-refractivity contribution >= 4 is 11.6 Å². The molecule has 0 radical (unpaired) electrons. The first-order valence-electron chi connectivity index (χ1n) is 5.56. The van der Waals surface area contributed by atoms with Crippen LogP contribution in [-0.2, 0) is 4.74 Å². The maximum absolute atomic E-state index is 11.9. The summed E-state index contributed by atoms with van der Waals surface area (Å²) in [4.78, 5) is 0. The van der Waals surface area contributed by atoms with E-state index in [0.717, 1.165) is 5.56 Å². The molecule has 0 saturated heterocycles. The number of hydrogen-bond acceptors (Lipinski definition) is 2. The fourth-order valence-electron chi connectivity index (χ4n) is 1.51. The van der Waals surface area contributed by atoms with Gasteiger partial charge in [0.1, 0.15) is 0 Å². The first-order valence-corrected chi connectivity index (χ1v) is 5.94. The van der Waals surface area contributed by atoms with Crippen LogP contribution in [0.1, 0.15) is 24.5 Å². The molecule has 18 heavy (non-hydrogen) atoms. The Morgan fingerprint density at radius 1 is 1.33 bits per heavy atom. The Morgan fingerprint density at radius 3 is 2.61 bits per heavy atom. The van der Waals surface area contributed by atoms with E-state index in [1.54, 1.807) is 24.3 Å². The second-order valence-electron chi connectivity index (χ2n) is 3.87. The van der Waals surface area contributed by atoms with Crippen molar-refractivity contribution in [2.45, 2.75) is 25.1 Å². The summed E-state index contributed by atoms with van der Waals surface area (Å²) in [6, 6.07) is 6.94. The van der Waals surface area contributed by atoms with Gasteiger partial charge in [0.05, 0.1) is 6.10 Å². The third-order valence-electron chi connectivity index (χ3n) is 2.36. The van der Waals surface area contributed by atoms with Crippen molar-refractivity contribution in [3.63, 3.8) is 0 Å². The van der Waals surface area contributed by atoms with Crippen LogP contribution in [0, 0.1) is 0 Å². The zero-order valence-electron chi connectivity index (χ0n) is 9.71. The number of hydrogen-bond donors (Lipinski definition) is 1. The normalized spacial score (nSPS) is 13.6. The highest BCUT2D eigenvalue weighted by Crippen LogP contribution is 2.23. The topological polar surface area (TPSA) is 35.2 Å². The zero-order chi connectivity index (χ0) is 13.6. The van der Waals surface area contributed by atoms with Crippen molar-refractivity contribution in [1.29, 1.82) is 0 Å². The van der Waals surface area contributed by atoms with E-state index in [2.05, 4.69) is 0 Å². The van der Waals surface area contributed by atoms with Gasteiger partial charge in [-0.3, -0.25) is 0 Å². The largest absolute Gasteiger partial charge is 0.389 e. The van der Waals surface area contributed by atoms with E-state index in [1.807, 2.05) is 0 Å². The van der Waals surface area contributed by atoms with E-state index in [4.69, 9.17) is 22.1 Å². The predicted octanol–water partition coefficient (Wildman–Crippen LogP) is 3.70. The van der Waals surface area contributed by atoms with Gasteiger partial charge in [-0.25, -0.2) is 0 Å². The molecule has 0 bridgehead atoms. The molecule has 0 fully saturated rings. The van der Waals surface area contributed by atoms with Crippen molar-refractivity contribution in [3.8, 4) is 0 Å². The monoisotopic (exact) mass is 281 g/mol. The van der Waals surface area contributed by atoms with Gasteiger partial charge in [-0.05, 0) is 24.1 Å². The molecule has 0 amide bonds. The Balaban J connectivity index is 2.43. The van der Waals surface area contributed by atoms with Crippen molar-refractivity contribution in [2.24, 2.45) is 5.73 Å². The number of benzene rings is 1. The molecule has 0 spiro atoms. The number of rotatable bonds is 6. The van der Waals surface area contributed by atoms with E-state index in [0.29, 0.717) is 5.02 Å². The van der Waals surface area contributed by atoms with Gasteiger partial charge in [0.15, 0.2) is 0 Å². The molecule has 2 N–H and O–H groups in total. The van der Waals surface area contributed by atoms with Crippen LogP contribution in [0.4, 0.5) is 13.2 Å². The first-order chi connectivity index (χ1) is 8.42. The number of ether oxygens (including phenoxy) is 1. The third kappa shape index (κ3) is 5.71. The molecule has 0 aliphatic rings. The lowest BCUT2D eigenvalue weighted by Crippen LogP contribution is -2.17. The molecule has 1 rings (SSSR count). The van der Waals surface area contributed by atoms with Crippen molar-refractivity contribution in [1.82, 2.24) is 0 Å². The van der Waals surface area contributed by atoms with Crippen LogP contribution in [0.3, 0.4) is 0 Å². The molecule has 102 valence electrons. The Hall–Kier alpha value is -0.780. The quantitative estimate of drug-likeness (QED) is 0.807. The lowest BCUT2D eigenvalue weighted by molar-refractivity contribution is -0.138. The third-order valence-corrected chi connectivity index (χ3v) is 2.59. The highest BCUT2D eigenvalue weighted by Gasteiger charge is 2.26. The Labute approximate surface area is 109 Å². The van der Waals surface area contributed by atoms with Gasteiger partial charge in [0.25, 0.3) is 0 Å². The maximum atomic E-state index is 11.9. The highest BCUT2D eigenvalue weighted by molar-refractivity contribution is 6.30. The summed E-state index contributed by atoms with van der Waals surface area (Å²) in [5.74, 6) is 0. The molecular formula is C12H15ClF3NO. The molecule has 1 atom stereocenters. The number of nitrogens with two attached hydrogens (primary N) is 1. The molecule has 0 aromatic heterocycles. The molecule has 1 unspecified atom stereocenters. The van der Waals surface area contributed by atoms with Crippen LogP contribution in [0.2, 0.25) is 5.02 Å². The summed E-state index contributed by atoms with van der Waals surface area (Å²) in [5.41, 5.74) is 6.31.